The fourth-order valence-corrected chi connectivity index (χ4v) is 4.61. The first kappa shape index (κ1) is 20.3. The molecule has 3 heterocycles. The summed E-state index contributed by atoms with van der Waals surface area (Å²) in [6.45, 7) is 2.42. The van der Waals surface area contributed by atoms with E-state index in [1.807, 2.05) is 11.0 Å². The van der Waals surface area contributed by atoms with E-state index in [-0.39, 0.29) is 28.8 Å². The molecule has 1 fully saturated rings. The fraction of sp³-hybridized carbons (Fsp3) is 0.381. The first-order chi connectivity index (χ1) is 14.2. The average molecular weight is 429 g/mol. The number of nitrogens with zero attached hydrogens (tertiary/aromatic N) is 3. The standard InChI is InChI=1S/C21H24N4O4S/c1-14-11-21(27)25-19(22-14)13-17(23-25)18-5-3-4-10-24(18)20(26)12-15-6-8-16(9-7-15)30(2,28)29/h6-9,11,13,18,23H,3-5,10,12H2,1-2H3. The number of aromatic nitrogens is 3. The maximum atomic E-state index is 13.1. The molecule has 0 bridgehead atoms. The number of hydrogen-bond acceptors (Lipinski definition) is 5. The molecule has 1 amide bonds. The van der Waals surface area contributed by atoms with Crippen LogP contribution in [-0.2, 0) is 21.1 Å². The van der Waals surface area contributed by atoms with E-state index in [1.165, 1.54) is 22.7 Å². The third-order valence-corrected chi connectivity index (χ3v) is 6.62. The summed E-state index contributed by atoms with van der Waals surface area (Å²) in [5, 5.41) is 3.11. The molecule has 1 saturated heterocycles. The zero-order valence-corrected chi connectivity index (χ0v) is 17.8. The molecule has 1 aromatic carbocycles. The van der Waals surface area contributed by atoms with Crippen LogP contribution >= 0.6 is 0 Å². The number of likely N-dealkylation sites (tertiary alicyclic amines) is 1. The van der Waals surface area contributed by atoms with Crippen LogP contribution in [0.1, 0.15) is 42.3 Å². The topological polar surface area (TPSA) is 105 Å². The molecule has 1 unspecified atom stereocenters. The number of H-pyrrole nitrogens is 1. The van der Waals surface area contributed by atoms with Crippen molar-refractivity contribution in [2.24, 2.45) is 0 Å². The highest BCUT2D eigenvalue weighted by molar-refractivity contribution is 7.90. The predicted octanol–water partition coefficient (Wildman–Crippen LogP) is 2.03. The quantitative estimate of drug-likeness (QED) is 0.685. The van der Waals surface area contributed by atoms with Gasteiger partial charge in [0.05, 0.1) is 23.1 Å². The van der Waals surface area contributed by atoms with E-state index in [4.69, 9.17) is 0 Å². The molecule has 158 valence electrons. The van der Waals surface area contributed by atoms with Gasteiger partial charge in [-0.1, -0.05) is 12.1 Å². The number of benzene rings is 1. The number of fused-ring (bicyclic) bond motifs is 1. The summed E-state index contributed by atoms with van der Waals surface area (Å²) in [4.78, 5) is 31.8. The maximum Gasteiger partial charge on any atom is 0.272 e. The normalized spacial score (nSPS) is 17.4. The lowest BCUT2D eigenvalue weighted by molar-refractivity contribution is -0.134. The van der Waals surface area contributed by atoms with Crippen molar-refractivity contribution in [1.82, 2.24) is 19.5 Å². The van der Waals surface area contributed by atoms with E-state index < -0.39 is 9.84 Å². The minimum absolute atomic E-state index is 0.0260. The summed E-state index contributed by atoms with van der Waals surface area (Å²) < 4.78 is 24.7. The lowest BCUT2D eigenvalue weighted by atomic mass is 9.98. The molecule has 0 saturated carbocycles. The van der Waals surface area contributed by atoms with Gasteiger partial charge in [0.1, 0.15) is 0 Å². The Morgan fingerprint density at radius 3 is 2.63 bits per heavy atom. The van der Waals surface area contributed by atoms with Gasteiger partial charge in [-0.05, 0) is 43.9 Å². The highest BCUT2D eigenvalue weighted by Gasteiger charge is 2.29. The molecular weight excluding hydrogens is 404 g/mol. The van der Waals surface area contributed by atoms with Crippen LogP contribution in [-0.4, -0.2) is 46.6 Å². The van der Waals surface area contributed by atoms with Crippen molar-refractivity contribution in [2.45, 2.75) is 43.5 Å². The van der Waals surface area contributed by atoms with E-state index >= 15 is 0 Å². The summed E-state index contributed by atoms with van der Waals surface area (Å²) in [5.41, 5.74) is 2.58. The van der Waals surface area contributed by atoms with Gasteiger partial charge < -0.3 is 4.90 Å². The Bertz CT molecular complexity index is 1260. The SMILES string of the molecule is Cc1cc(=O)n2[nH]c(C3CCCCN3C(=O)Cc3ccc(S(C)(=O)=O)cc3)cc2n1. The number of hydrogen-bond donors (Lipinski definition) is 1. The molecule has 0 radical (unpaired) electrons. The third-order valence-electron chi connectivity index (χ3n) is 5.49. The number of nitrogens with one attached hydrogen (secondary N) is 1. The van der Waals surface area contributed by atoms with E-state index in [0.29, 0.717) is 17.9 Å². The first-order valence-electron chi connectivity index (χ1n) is 9.90. The molecule has 3 aromatic rings. The summed E-state index contributed by atoms with van der Waals surface area (Å²) >= 11 is 0. The minimum Gasteiger partial charge on any atom is -0.334 e. The number of carbonyl (C=O) groups excluding carboxylic acids is 1. The average Bonchev–Trinajstić information content (AvgIpc) is 3.12. The number of amides is 1. The Kier molecular flexibility index (Phi) is 5.23. The number of sulfone groups is 1. The molecule has 0 aliphatic carbocycles. The number of piperidine rings is 1. The first-order valence-corrected chi connectivity index (χ1v) is 11.8. The van der Waals surface area contributed by atoms with Gasteiger partial charge in [0.25, 0.3) is 5.56 Å². The van der Waals surface area contributed by atoms with Crippen molar-refractivity contribution < 1.29 is 13.2 Å². The second kappa shape index (κ2) is 7.71. The summed E-state index contributed by atoms with van der Waals surface area (Å²) in [7, 11) is -3.27. The van der Waals surface area contributed by atoms with Crippen molar-refractivity contribution in [3.8, 4) is 0 Å². The van der Waals surface area contributed by atoms with Gasteiger partial charge >= 0.3 is 0 Å². The van der Waals surface area contributed by atoms with Crippen LogP contribution < -0.4 is 5.56 Å². The summed E-state index contributed by atoms with van der Waals surface area (Å²) in [6, 6.07) is 9.59. The number of aryl methyl sites for hydroxylation is 1. The highest BCUT2D eigenvalue weighted by atomic mass is 32.2. The largest absolute Gasteiger partial charge is 0.334 e. The van der Waals surface area contributed by atoms with Gasteiger partial charge in [0.2, 0.25) is 5.91 Å². The molecular formula is C21H24N4O4S. The Hall–Kier alpha value is -2.94. The van der Waals surface area contributed by atoms with Crippen LogP contribution in [0.4, 0.5) is 0 Å². The Labute approximate surface area is 174 Å². The van der Waals surface area contributed by atoms with E-state index in [0.717, 1.165) is 36.8 Å². The van der Waals surface area contributed by atoms with Crippen LogP contribution in [0.2, 0.25) is 0 Å². The lowest BCUT2D eigenvalue weighted by Gasteiger charge is -2.35. The van der Waals surface area contributed by atoms with E-state index in [9.17, 15) is 18.0 Å². The van der Waals surface area contributed by atoms with Crippen LogP contribution in [0.25, 0.3) is 5.65 Å². The van der Waals surface area contributed by atoms with Gasteiger partial charge in [0.15, 0.2) is 15.5 Å². The smallest absolute Gasteiger partial charge is 0.272 e. The van der Waals surface area contributed by atoms with Gasteiger partial charge in [-0.25, -0.2) is 17.9 Å². The molecule has 1 N–H and O–H groups in total. The highest BCUT2D eigenvalue weighted by Crippen LogP contribution is 2.31. The molecule has 2 aromatic heterocycles. The number of carbonyl (C=O) groups is 1. The van der Waals surface area contributed by atoms with Crippen LogP contribution in [0, 0.1) is 6.92 Å². The fourth-order valence-electron chi connectivity index (χ4n) is 3.98. The van der Waals surface area contributed by atoms with E-state index in [2.05, 4.69) is 10.1 Å². The second-order valence-corrected chi connectivity index (χ2v) is 9.85. The zero-order valence-electron chi connectivity index (χ0n) is 17.0. The zero-order chi connectivity index (χ0) is 21.5. The van der Waals surface area contributed by atoms with Crippen molar-refractivity contribution in [1.29, 1.82) is 0 Å². The second-order valence-electron chi connectivity index (χ2n) is 7.83. The van der Waals surface area contributed by atoms with Gasteiger partial charge in [-0.3, -0.25) is 14.7 Å². The third kappa shape index (κ3) is 4.02. The van der Waals surface area contributed by atoms with Gasteiger partial charge in [-0.15, -0.1) is 0 Å². The van der Waals surface area contributed by atoms with Crippen molar-refractivity contribution >= 4 is 21.4 Å². The maximum absolute atomic E-state index is 13.1. The molecule has 9 heteroatoms. The molecule has 8 nitrogen and oxygen atoms in total. The van der Waals surface area contributed by atoms with Crippen molar-refractivity contribution in [3.63, 3.8) is 0 Å². The summed E-state index contributed by atoms with van der Waals surface area (Å²) in [6.07, 6.45) is 4.08. The molecule has 1 aliphatic rings. The van der Waals surface area contributed by atoms with Crippen molar-refractivity contribution in [2.75, 3.05) is 12.8 Å². The van der Waals surface area contributed by atoms with Crippen LogP contribution in [0.3, 0.4) is 0 Å². The summed E-state index contributed by atoms with van der Waals surface area (Å²) in [5.74, 6) is -0.0260. The Balaban J connectivity index is 1.58. The Morgan fingerprint density at radius 1 is 1.20 bits per heavy atom. The molecule has 1 atom stereocenters. The Morgan fingerprint density at radius 2 is 1.93 bits per heavy atom. The van der Waals surface area contributed by atoms with E-state index in [1.54, 1.807) is 19.1 Å². The molecule has 1 aliphatic heterocycles. The molecule has 4 rings (SSSR count). The van der Waals surface area contributed by atoms with Crippen LogP contribution in [0.5, 0.6) is 0 Å². The van der Waals surface area contributed by atoms with Crippen LogP contribution in [0.15, 0.2) is 46.1 Å². The number of rotatable bonds is 4. The minimum atomic E-state index is -3.27. The monoisotopic (exact) mass is 428 g/mol. The molecule has 30 heavy (non-hydrogen) atoms. The van der Waals surface area contributed by atoms with Gasteiger partial charge in [0, 0.05) is 30.6 Å². The number of aromatic amines is 1. The predicted molar refractivity (Wildman–Crippen MR) is 112 cm³/mol. The lowest BCUT2D eigenvalue weighted by Crippen LogP contribution is -2.39. The van der Waals surface area contributed by atoms with Crippen molar-refractivity contribution in [3.05, 3.63) is 63.7 Å². The molecule has 0 spiro atoms. The van der Waals surface area contributed by atoms with Gasteiger partial charge in [-0.2, -0.15) is 0 Å².